The maximum atomic E-state index is 12.8. The van der Waals surface area contributed by atoms with Gasteiger partial charge in [-0.3, -0.25) is 9.59 Å². The standard InChI is InChI=1S/C16H20N2O5S2/c19-15(20)9-13-10-24-7-6-18(13)16(21)11-2-1-3-14(8-11)25(22,23)17-12-4-5-12/h1-3,8,12-13,17H,4-7,9-10H2,(H,19,20). The van der Waals surface area contributed by atoms with E-state index < -0.39 is 16.0 Å². The maximum Gasteiger partial charge on any atom is 0.305 e. The molecule has 3 rings (SSSR count). The number of rotatable bonds is 6. The number of carboxylic acid groups (broad SMARTS) is 1. The molecule has 1 saturated heterocycles. The molecule has 136 valence electrons. The van der Waals surface area contributed by atoms with Crippen LogP contribution in [-0.4, -0.2) is 60.4 Å². The fourth-order valence-corrected chi connectivity index (χ4v) is 5.16. The van der Waals surface area contributed by atoms with Crippen molar-refractivity contribution in [1.82, 2.24) is 9.62 Å². The summed E-state index contributed by atoms with van der Waals surface area (Å²) in [6, 6.07) is 5.55. The number of amides is 1. The molecule has 1 aromatic rings. The van der Waals surface area contributed by atoms with Gasteiger partial charge in [-0.2, -0.15) is 11.8 Å². The Bertz CT molecular complexity index is 776. The molecule has 1 heterocycles. The number of thioether (sulfide) groups is 1. The molecule has 2 aliphatic rings. The van der Waals surface area contributed by atoms with Gasteiger partial charge in [-0.05, 0) is 31.0 Å². The van der Waals surface area contributed by atoms with E-state index in [1.54, 1.807) is 28.8 Å². The highest BCUT2D eigenvalue weighted by Gasteiger charge is 2.31. The molecular weight excluding hydrogens is 364 g/mol. The lowest BCUT2D eigenvalue weighted by atomic mass is 10.1. The van der Waals surface area contributed by atoms with Crippen molar-refractivity contribution in [2.45, 2.75) is 36.2 Å². The Balaban J connectivity index is 1.81. The van der Waals surface area contributed by atoms with Crippen molar-refractivity contribution < 1.29 is 23.1 Å². The van der Waals surface area contributed by atoms with Crippen molar-refractivity contribution in [1.29, 1.82) is 0 Å². The first-order valence-electron chi connectivity index (χ1n) is 8.10. The van der Waals surface area contributed by atoms with E-state index in [2.05, 4.69) is 4.72 Å². The Morgan fingerprint density at radius 1 is 1.32 bits per heavy atom. The molecule has 1 amide bonds. The Morgan fingerprint density at radius 3 is 2.76 bits per heavy atom. The lowest BCUT2D eigenvalue weighted by molar-refractivity contribution is -0.138. The topological polar surface area (TPSA) is 104 Å². The van der Waals surface area contributed by atoms with Gasteiger partial charge in [-0.25, -0.2) is 13.1 Å². The van der Waals surface area contributed by atoms with Gasteiger partial charge in [0.15, 0.2) is 0 Å². The van der Waals surface area contributed by atoms with E-state index in [9.17, 15) is 18.0 Å². The molecule has 2 fully saturated rings. The normalized spacial score (nSPS) is 21.1. The summed E-state index contributed by atoms with van der Waals surface area (Å²) in [5, 5.41) is 9.04. The SMILES string of the molecule is O=C(O)CC1CSCCN1C(=O)c1cccc(S(=O)(=O)NC2CC2)c1. The first-order chi connectivity index (χ1) is 11.9. The van der Waals surface area contributed by atoms with Crippen LogP contribution < -0.4 is 4.72 Å². The zero-order chi connectivity index (χ0) is 18.0. The number of aliphatic carboxylic acids is 1. The summed E-state index contributed by atoms with van der Waals surface area (Å²) in [7, 11) is -3.64. The minimum atomic E-state index is -3.64. The molecule has 1 saturated carbocycles. The van der Waals surface area contributed by atoms with Crippen molar-refractivity contribution in [3.8, 4) is 0 Å². The Hall–Kier alpha value is -1.58. The summed E-state index contributed by atoms with van der Waals surface area (Å²) in [5.41, 5.74) is 0.265. The highest BCUT2D eigenvalue weighted by Crippen LogP contribution is 2.24. The van der Waals surface area contributed by atoms with Crippen LogP contribution in [0.25, 0.3) is 0 Å². The Kier molecular flexibility index (Phi) is 5.35. The number of nitrogens with zero attached hydrogens (tertiary/aromatic N) is 1. The lowest BCUT2D eigenvalue weighted by Gasteiger charge is -2.34. The van der Waals surface area contributed by atoms with Crippen LogP contribution in [0.4, 0.5) is 0 Å². The van der Waals surface area contributed by atoms with Crippen LogP contribution in [0.15, 0.2) is 29.2 Å². The average Bonchev–Trinajstić information content (AvgIpc) is 3.37. The third-order valence-electron chi connectivity index (χ3n) is 4.19. The number of carbonyl (C=O) groups is 2. The molecule has 1 aliphatic carbocycles. The monoisotopic (exact) mass is 384 g/mol. The fourth-order valence-electron chi connectivity index (χ4n) is 2.74. The molecule has 1 aliphatic heterocycles. The minimum Gasteiger partial charge on any atom is -0.481 e. The van der Waals surface area contributed by atoms with E-state index in [-0.39, 0.29) is 34.9 Å². The van der Waals surface area contributed by atoms with E-state index in [4.69, 9.17) is 5.11 Å². The molecule has 7 nitrogen and oxygen atoms in total. The van der Waals surface area contributed by atoms with E-state index in [0.717, 1.165) is 18.6 Å². The summed E-state index contributed by atoms with van der Waals surface area (Å²) in [5.74, 6) is 0.0350. The maximum absolute atomic E-state index is 12.8. The second-order valence-corrected chi connectivity index (χ2v) is 9.11. The highest BCUT2D eigenvalue weighted by atomic mass is 32.2. The van der Waals surface area contributed by atoms with Gasteiger partial charge in [-0.15, -0.1) is 0 Å². The van der Waals surface area contributed by atoms with E-state index in [1.165, 1.54) is 12.1 Å². The molecule has 2 N–H and O–H groups in total. The summed E-state index contributed by atoms with van der Waals surface area (Å²) in [6.07, 6.45) is 1.56. The molecule has 25 heavy (non-hydrogen) atoms. The predicted molar refractivity (Wildman–Crippen MR) is 94.2 cm³/mol. The third kappa shape index (κ3) is 4.53. The molecule has 0 bridgehead atoms. The molecule has 0 spiro atoms. The number of nitrogens with one attached hydrogen (secondary N) is 1. The van der Waals surface area contributed by atoms with Crippen molar-refractivity contribution in [2.75, 3.05) is 18.1 Å². The quantitative estimate of drug-likeness (QED) is 0.763. The van der Waals surface area contributed by atoms with Gasteiger partial charge < -0.3 is 10.0 Å². The van der Waals surface area contributed by atoms with Crippen molar-refractivity contribution in [3.05, 3.63) is 29.8 Å². The second kappa shape index (κ2) is 7.35. The molecule has 9 heteroatoms. The number of carbonyl (C=O) groups excluding carboxylic acids is 1. The first kappa shape index (κ1) is 18.2. The van der Waals surface area contributed by atoms with Gasteiger partial charge in [0.1, 0.15) is 0 Å². The van der Waals surface area contributed by atoms with Crippen LogP contribution in [-0.2, 0) is 14.8 Å². The Labute approximate surface area is 150 Å². The zero-order valence-corrected chi connectivity index (χ0v) is 15.2. The highest BCUT2D eigenvalue weighted by molar-refractivity contribution is 7.99. The van der Waals surface area contributed by atoms with Crippen LogP contribution in [0.2, 0.25) is 0 Å². The molecule has 0 aromatic heterocycles. The van der Waals surface area contributed by atoms with Gasteiger partial charge in [0.25, 0.3) is 5.91 Å². The number of hydrogen-bond acceptors (Lipinski definition) is 5. The van der Waals surface area contributed by atoms with Crippen molar-refractivity contribution in [2.24, 2.45) is 0 Å². The number of carboxylic acids is 1. The lowest BCUT2D eigenvalue weighted by Crippen LogP contribution is -2.47. The van der Waals surface area contributed by atoms with Crippen LogP contribution in [0.1, 0.15) is 29.6 Å². The second-order valence-electron chi connectivity index (χ2n) is 6.25. The van der Waals surface area contributed by atoms with Crippen LogP contribution >= 0.6 is 11.8 Å². The van der Waals surface area contributed by atoms with Crippen molar-refractivity contribution >= 4 is 33.7 Å². The molecule has 1 unspecified atom stereocenters. The van der Waals surface area contributed by atoms with Gasteiger partial charge in [-0.1, -0.05) is 6.07 Å². The fraction of sp³-hybridized carbons (Fsp3) is 0.500. The molecule has 0 radical (unpaired) electrons. The summed E-state index contributed by atoms with van der Waals surface area (Å²) in [6.45, 7) is 0.457. The smallest absolute Gasteiger partial charge is 0.305 e. The summed E-state index contributed by atoms with van der Waals surface area (Å²) >= 11 is 1.62. The number of hydrogen-bond donors (Lipinski definition) is 2. The number of benzene rings is 1. The zero-order valence-electron chi connectivity index (χ0n) is 13.6. The van der Waals surface area contributed by atoms with Gasteiger partial charge in [0.05, 0.1) is 17.4 Å². The number of sulfonamides is 1. The van der Waals surface area contributed by atoms with E-state index in [1.807, 2.05) is 0 Å². The van der Waals surface area contributed by atoms with Gasteiger partial charge in [0, 0.05) is 29.7 Å². The van der Waals surface area contributed by atoms with Gasteiger partial charge >= 0.3 is 5.97 Å². The van der Waals surface area contributed by atoms with Gasteiger partial charge in [0.2, 0.25) is 10.0 Å². The third-order valence-corrected chi connectivity index (χ3v) is 6.80. The van der Waals surface area contributed by atoms with E-state index in [0.29, 0.717) is 12.3 Å². The van der Waals surface area contributed by atoms with Crippen LogP contribution in [0.3, 0.4) is 0 Å². The van der Waals surface area contributed by atoms with Crippen LogP contribution in [0, 0.1) is 0 Å². The van der Waals surface area contributed by atoms with E-state index >= 15 is 0 Å². The first-order valence-corrected chi connectivity index (χ1v) is 10.7. The largest absolute Gasteiger partial charge is 0.481 e. The predicted octanol–water partition coefficient (Wildman–Crippen LogP) is 1.16. The summed E-state index contributed by atoms with van der Waals surface area (Å²) < 4.78 is 27.2. The molecular formula is C16H20N2O5S2. The van der Waals surface area contributed by atoms with Crippen molar-refractivity contribution in [3.63, 3.8) is 0 Å². The minimum absolute atomic E-state index is 0.0107. The average molecular weight is 384 g/mol. The van der Waals surface area contributed by atoms with Crippen LogP contribution in [0.5, 0.6) is 0 Å². The summed E-state index contributed by atoms with van der Waals surface area (Å²) in [4.78, 5) is 25.5. The molecule has 1 atom stereocenters. The molecule has 1 aromatic carbocycles. The Morgan fingerprint density at radius 2 is 2.08 bits per heavy atom.